The number of thiazole rings is 1. The Labute approximate surface area is 98.4 Å². The van der Waals surface area contributed by atoms with Gasteiger partial charge in [-0.15, -0.1) is 11.3 Å². The molecule has 0 fully saturated rings. The number of ether oxygens (including phenoxy) is 1. The predicted octanol–water partition coefficient (Wildman–Crippen LogP) is 3.22. The molecule has 1 aromatic carbocycles. The molecule has 0 aliphatic heterocycles. The summed E-state index contributed by atoms with van der Waals surface area (Å²) in [5, 5.41) is 11.6. The van der Waals surface area contributed by atoms with Crippen molar-refractivity contribution in [3.63, 3.8) is 0 Å². The Morgan fingerprint density at radius 3 is 2.81 bits per heavy atom. The molecule has 0 aliphatic rings. The van der Waals surface area contributed by atoms with Gasteiger partial charge in [-0.1, -0.05) is 0 Å². The van der Waals surface area contributed by atoms with Crippen LogP contribution in [0.25, 0.3) is 10.6 Å². The topological polar surface area (TPSA) is 42.4 Å². The third kappa shape index (κ3) is 2.17. The molecule has 1 heterocycles. The van der Waals surface area contributed by atoms with Crippen molar-refractivity contribution in [2.75, 3.05) is 6.61 Å². The maximum atomic E-state index is 9.20. The van der Waals surface area contributed by atoms with Crippen molar-refractivity contribution < 1.29 is 9.84 Å². The highest BCUT2D eigenvalue weighted by atomic mass is 32.1. The zero-order chi connectivity index (χ0) is 11.5. The summed E-state index contributed by atoms with van der Waals surface area (Å²) in [6, 6.07) is 5.91. The Bertz CT molecular complexity index is 494. The molecule has 0 spiro atoms. The van der Waals surface area contributed by atoms with Gasteiger partial charge < -0.3 is 9.84 Å². The molecule has 2 rings (SSSR count). The van der Waals surface area contributed by atoms with Crippen LogP contribution in [0.15, 0.2) is 23.6 Å². The van der Waals surface area contributed by atoms with Crippen LogP contribution in [0.5, 0.6) is 11.6 Å². The molecule has 0 saturated heterocycles. The van der Waals surface area contributed by atoms with Crippen LogP contribution in [0, 0.1) is 6.92 Å². The van der Waals surface area contributed by atoms with Crippen molar-refractivity contribution in [2.24, 2.45) is 0 Å². The molecule has 4 heteroatoms. The Hall–Kier alpha value is -1.55. The largest absolute Gasteiger partial charge is 0.494 e. The summed E-state index contributed by atoms with van der Waals surface area (Å²) >= 11 is 1.43. The lowest BCUT2D eigenvalue weighted by Crippen LogP contribution is -1.93. The molecule has 1 aromatic heterocycles. The molecule has 2 aromatic rings. The van der Waals surface area contributed by atoms with E-state index in [2.05, 4.69) is 4.98 Å². The minimum atomic E-state index is 0.0755. The van der Waals surface area contributed by atoms with E-state index in [1.807, 2.05) is 32.0 Å². The van der Waals surface area contributed by atoms with Crippen LogP contribution < -0.4 is 4.74 Å². The molecule has 0 atom stereocenters. The fraction of sp³-hybridized carbons (Fsp3) is 0.250. The van der Waals surface area contributed by atoms with Gasteiger partial charge in [-0.3, -0.25) is 0 Å². The highest BCUT2D eigenvalue weighted by Gasteiger charge is 2.06. The molecule has 16 heavy (non-hydrogen) atoms. The van der Waals surface area contributed by atoms with Gasteiger partial charge in [0.2, 0.25) is 5.88 Å². The van der Waals surface area contributed by atoms with Crippen molar-refractivity contribution in [2.45, 2.75) is 13.8 Å². The third-order valence-corrected chi connectivity index (χ3v) is 3.09. The van der Waals surface area contributed by atoms with Gasteiger partial charge in [-0.25, -0.2) is 4.98 Å². The summed E-state index contributed by atoms with van der Waals surface area (Å²) in [5.74, 6) is 0.971. The average molecular weight is 235 g/mol. The van der Waals surface area contributed by atoms with Crippen molar-refractivity contribution in [3.8, 4) is 22.2 Å². The Morgan fingerprint density at radius 1 is 1.44 bits per heavy atom. The summed E-state index contributed by atoms with van der Waals surface area (Å²) in [4.78, 5) is 4.03. The van der Waals surface area contributed by atoms with Crippen LogP contribution in [0.2, 0.25) is 0 Å². The van der Waals surface area contributed by atoms with Crippen molar-refractivity contribution >= 4 is 11.3 Å². The van der Waals surface area contributed by atoms with Gasteiger partial charge in [0, 0.05) is 5.56 Å². The number of aryl methyl sites for hydroxylation is 1. The second-order valence-electron chi connectivity index (χ2n) is 3.42. The normalized spacial score (nSPS) is 10.4. The molecule has 0 amide bonds. The second-order valence-corrected chi connectivity index (χ2v) is 4.28. The first-order chi connectivity index (χ1) is 7.70. The lowest BCUT2D eigenvalue weighted by Gasteiger charge is -2.07. The first-order valence-corrected chi connectivity index (χ1v) is 5.97. The van der Waals surface area contributed by atoms with E-state index in [0.717, 1.165) is 21.9 Å². The number of benzene rings is 1. The number of hydrogen-bond acceptors (Lipinski definition) is 4. The standard InChI is InChI=1S/C12H13NO2S/c1-3-15-10-5-4-9(6-8(10)2)12-13-11(14)7-16-12/h4-7,14H,3H2,1-2H3. The van der Waals surface area contributed by atoms with E-state index >= 15 is 0 Å². The second kappa shape index (κ2) is 4.53. The highest BCUT2D eigenvalue weighted by Crippen LogP contribution is 2.29. The quantitative estimate of drug-likeness (QED) is 0.888. The summed E-state index contributed by atoms with van der Waals surface area (Å²) in [5.41, 5.74) is 2.08. The van der Waals surface area contributed by atoms with Crippen molar-refractivity contribution in [3.05, 3.63) is 29.1 Å². The van der Waals surface area contributed by atoms with Gasteiger partial charge in [0.15, 0.2) is 0 Å². The monoisotopic (exact) mass is 235 g/mol. The number of aromatic nitrogens is 1. The smallest absolute Gasteiger partial charge is 0.222 e. The Balaban J connectivity index is 2.34. The van der Waals surface area contributed by atoms with E-state index in [9.17, 15) is 5.11 Å². The Morgan fingerprint density at radius 2 is 2.25 bits per heavy atom. The summed E-state index contributed by atoms with van der Waals surface area (Å²) < 4.78 is 5.47. The molecule has 0 bridgehead atoms. The first kappa shape index (κ1) is 11.0. The van der Waals surface area contributed by atoms with Crippen LogP contribution in [-0.2, 0) is 0 Å². The molecular formula is C12H13NO2S. The number of nitrogens with zero attached hydrogens (tertiary/aromatic N) is 1. The van der Waals surface area contributed by atoms with Gasteiger partial charge >= 0.3 is 0 Å². The van der Waals surface area contributed by atoms with E-state index < -0.39 is 0 Å². The Kier molecular flexibility index (Phi) is 3.10. The molecule has 84 valence electrons. The fourth-order valence-corrected chi connectivity index (χ4v) is 2.18. The van der Waals surface area contributed by atoms with E-state index in [1.54, 1.807) is 5.38 Å². The van der Waals surface area contributed by atoms with Gasteiger partial charge in [0.25, 0.3) is 0 Å². The predicted molar refractivity (Wildman–Crippen MR) is 65.1 cm³/mol. The van der Waals surface area contributed by atoms with Crippen LogP contribution in [-0.4, -0.2) is 16.7 Å². The van der Waals surface area contributed by atoms with Crippen LogP contribution >= 0.6 is 11.3 Å². The fourth-order valence-electron chi connectivity index (χ4n) is 1.50. The van der Waals surface area contributed by atoms with Gasteiger partial charge in [-0.2, -0.15) is 0 Å². The average Bonchev–Trinajstić information content (AvgIpc) is 2.68. The lowest BCUT2D eigenvalue weighted by molar-refractivity contribution is 0.338. The SMILES string of the molecule is CCOc1ccc(-c2nc(O)cs2)cc1C. The number of hydrogen-bond donors (Lipinski definition) is 1. The zero-order valence-electron chi connectivity index (χ0n) is 9.23. The maximum Gasteiger partial charge on any atom is 0.222 e. The number of aromatic hydroxyl groups is 1. The number of rotatable bonds is 3. The highest BCUT2D eigenvalue weighted by molar-refractivity contribution is 7.13. The molecule has 0 saturated carbocycles. The molecule has 0 aliphatic carbocycles. The minimum Gasteiger partial charge on any atom is -0.494 e. The van der Waals surface area contributed by atoms with Gasteiger partial charge in [0.1, 0.15) is 10.8 Å². The van der Waals surface area contributed by atoms with Crippen molar-refractivity contribution in [1.82, 2.24) is 4.98 Å². The minimum absolute atomic E-state index is 0.0755. The van der Waals surface area contributed by atoms with Crippen LogP contribution in [0.1, 0.15) is 12.5 Å². The van der Waals surface area contributed by atoms with E-state index in [1.165, 1.54) is 11.3 Å². The first-order valence-electron chi connectivity index (χ1n) is 5.09. The maximum absolute atomic E-state index is 9.20. The van der Waals surface area contributed by atoms with Crippen molar-refractivity contribution in [1.29, 1.82) is 0 Å². The lowest BCUT2D eigenvalue weighted by atomic mass is 10.1. The summed E-state index contributed by atoms with van der Waals surface area (Å²) in [6.07, 6.45) is 0. The molecule has 0 unspecified atom stereocenters. The summed E-state index contributed by atoms with van der Waals surface area (Å²) in [6.45, 7) is 4.63. The summed E-state index contributed by atoms with van der Waals surface area (Å²) in [7, 11) is 0. The molecule has 1 N–H and O–H groups in total. The van der Waals surface area contributed by atoms with Gasteiger partial charge in [0.05, 0.1) is 12.0 Å². The van der Waals surface area contributed by atoms with Crippen LogP contribution in [0.3, 0.4) is 0 Å². The molecule has 0 radical (unpaired) electrons. The molecular weight excluding hydrogens is 222 g/mol. The van der Waals surface area contributed by atoms with E-state index in [-0.39, 0.29) is 5.88 Å². The third-order valence-electron chi connectivity index (χ3n) is 2.21. The van der Waals surface area contributed by atoms with E-state index in [4.69, 9.17) is 4.74 Å². The van der Waals surface area contributed by atoms with E-state index in [0.29, 0.717) is 6.61 Å². The van der Waals surface area contributed by atoms with Gasteiger partial charge in [-0.05, 0) is 37.6 Å². The molecule has 3 nitrogen and oxygen atoms in total. The zero-order valence-corrected chi connectivity index (χ0v) is 10.0. The van der Waals surface area contributed by atoms with Crippen LogP contribution in [0.4, 0.5) is 0 Å².